The van der Waals surface area contributed by atoms with Gasteiger partial charge in [0.1, 0.15) is 54.0 Å². The van der Waals surface area contributed by atoms with Crippen LogP contribution >= 0.6 is 0 Å². The number of hydrogen-bond donors (Lipinski definition) is 0. The Kier molecular flexibility index (Phi) is 39.4. The Bertz CT molecular complexity index is 4730. The second kappa shape index (κ2) is 47.4. The van der Waals surface area contributed by atoms with E-state index in [-0.39, 0.29) is 62.8 Å². The molecule has 8 bridgehead atoms. The fourth-order valence-electron chi connectivity index (χ4n) is 18.1. The van der Waals surface area contributed by atoms with E-state index in [0.717, 1.165) is 58.6 Å². The zero-order valence-corrected chi connectivity index (χ0v) is 79.3. The number of rotatable bonds is 27. The minimum Gasteiger partial charge on any atom is -0.748 e. The van der Waals surface area contributed by atoms with Gasteiger partial charge in [-0.05, 0) is 290 Å². The molecule has 690 valence electrons. The molecule has 1 heterocycles. The lowest BCUT2D eigenvalue weighted by Crippen LogP contribution is -2.58. The molecule has 6 aromatic carbocycles. The summed E-state index contributed by atoms with van der Waals surface area (Å²) in [7, 11) is -12.7. The van der Waals surface area contributed by atoms with Crippen LogP contribution in [0.4, 0.5) is 13.2 Å². The van der Waals surface area contributed by atoms with Crippen molar-refractivity contribution < 1.29 is 109 Å². The van der Waals surface area contributed by atoms with Crippen molar-refractivity contribution in [3.05, 3.63) is 216 Å². The smallest absolute Gasteiger partial charge is 0.586 e. The summed E-state index contributed by atoms with van der Waals surface area (Å²) in [4.78, 5) is 62.9. The van der Waals surface area contributed by atoms with Crippen molar-refractivity contribution in [3.63, 3.8) is 0 Å². The Morgan fingerprint density at radius 2 is 0.817 bits per heavy atom. The van der Waals surface area contributed by atoms with Gasteiger partial charge >= 0.3 is 35.4 Å². The third-order valence-corrected chi connectivity index (χ3v) is 32.4. The Labute approximate surface area is 752 Å². The van der Waals surface area contributed by atoms with E-state index in [1.165, 1.54) is 172 Å². The van der Waals surface area contributed by atoms with Crippen molar-refractivity contribution in [3.8, 4) is 11.5 Å². The molecule has 21 nitrogen and oxygen atoms in total. The number of ether oxygens (including phenoxy) is 7. The number of benzene rings is 6. The van der Waals surface area contributed by atoms with E-state index >= 15 is 0 Å². The molecule has 0 amide bonds. The third-order valence-electron chi connectivity index (χ3n) is 23.7. The summed E-state index contributed by atoms with van der Waals surface area (Å²) in [5.41, 5.74) is 1.06. The predicted molar refractivity (Wildman–Crippen MR) is 484 cm³/mol. The molecule has 1 aliphatic heterocycles. The van der Waals surface area contributed by atoms with Gasteiger partial charge in [0.2, 0.25) is 0 Å². The summed E-state index contributed by atoms with van der Waals surface area (Å²) in [6.45, 7) is 33.3. The van der Waals surface area contributed by atoms with E-state index in [2.05, 4.69) is 174 Å². The van der Waals surface area contributed by atoms with Crippen molar-refractivity contribution in [1.82, 2.24) is 0 Å². The van der Waals surface area contributed by atoms with Crippen LogP contribution in [0.1, 0.15) is 167 Å². The van der Waals surface area contributed by atoms with Crippen molar-refractivity contribution in [2.75, 3.05) is 62.3 Å². The molecule has 6 aromatic rings. The lowest BCUT2D eigenvalue weighted by Gasteiger charge is -2.62. The van der Waals surface area contributed by atoms with Crippen molar-refractivity contribution in [2.45, 2.75) is 219 Å². The molecule has 8 aliphatic carbocycles. The Morgan fingerprint density at radius 3 is 1.13 bits per heavy atom. The van der Waals surface area contributed by atoms with Gasteiger partial charge in [0.15, 0.2) is 46.9 Å². The summed E-state index contributed by atoms with van der Waals surface area (Å²) in [6, 6.07) is 46.5. The summed E-state index contributed by atoms with van der Waals surface area (Å²) in [6.07, 6.45) is 19.5. The van der Waals surface area contributed by atoms with E-state index in [4.69, 9.17) is 18.9 Å². The number of aryl methyl sites for hydroxylation is 4. The topological polar surface area (TPSA) is 322 Å². The van der Waals surface area contributed by atoms with Crippen LogP contribution in [0.3, 0.4) is 0 Å². The minimum atomic E-state index is -4.30. The first-order valence-electron chi connectivity index (χ1n) is 42.3. The van der Waals surface area contributed by atoms with Crippen LogP contribution in [-0.2, 0) is 111 Å². The van der Waals surface area contributed by atoms with Crippen molar-refractivity contribution in [1.29, 1.82) is 0 Å². The predicted octanol–water partition coefficient (Wildman–Crippen LogP) is 18.7. The third kappa shape index (κ3) is 31.9. The molecule has 30 heteroatoms. The highest BCUT2D eigenvalue weighted by molar-refractivity contribution is 7.98. The van der Waals surface area contributed by atoms with Crippen molar-refractivity contribution in [2.24, 2.45) is 46.8 Å². The molecule has 126 heavy (non-hydrogen) atoms. The molecule has 1 saturated heterocycles. The zero-order chi connectivity index (χ0) is 93.3. The highest BCUT2D eigenvalue weighted by atomic mass is 32.2. The largest absolute Gasteiger partial charge is 0.748 e. The average molecular weight is 1860 g/mol. The zero-order valence-electron chi connectivity index (χ0n) is 74.4. The van der Waals surface area contributed by atoms with Gasteiger partial charge in [-0.25, -0.2) is 49.2 Å². The molecule has 0 spiro atoms. The molecule has 15 rings (SSSR count). The SMILES string of the molecule is C=C(C)C(=O)OC(C)(CC)C12CC3CC(CC(C3)C1)C2.C=C(C)C(=O)OCCS(=O)(=O)[O-].C=C(C)C(=O)OCCS(=O)(=O)[O-].C=C(C)C(=O)OCCS(=O)(=O)[O-].COc1c(C)cc([S+]2CCCCC2)cc1C.Cc1cc([S+](c2ccccc2)c2ccccc2)cc(C)c1OCC(=O)OC1(C)C2CC3CC(C2)CC1C3.FC(F)(F)[S+](c1ccccc1)c1ccccc1. The normalized spacial score (nSPS) is 21.6. The number of esters is 5. The first-order valence-corrected chi connectivity index (χ1v) is 51.0. The van der Waals surface area contributed by atoms with Crippen LogP contribution in [0, 0.1) is 74.5 Å². The van der Waals surface area contributed by atoms with Crippen molar-refractivity contribution >= 4 is 92.9 Å². The van der Waals surface area contributed by atoms with Crippen LogP contribution in [0.15, 0.2) is 224 Å². The molecule has 0 N–H and O–H groups in total. The molecule has 9 fully saturated rings. The summed E-state index contributed by atoms with van der Waals surface area (Å²) < 4.78 is 166. The molecule has 0 radical (unpaired) electrons. The first kappa shape index (κ1) is 105. The van der Waals surface area contributed by atoms with Gasteiger partial charge in [0, 0.05) is 50.7 Å². The highest BCUT2D eigenvalue weighted by Crippen LogP contribution is 2.65. The van der Waals surface area contributed by atoms with Gasteiger partial charge in [-0.3, -0.25) is 0 Å². The fraction of sp³-hybridized carbons (Fsp3) is 0.490. The van der Waals surface area contributed by atoms with E-state index in [1.807, 2.05) is 0 Å². The van der Waals surface area contributed by atoms with Crippen LogP contribution in [0.2, 0.25) is 0 Å². The summed E-state index contributed by atoms with van der Waals surface area (Å²) in [5.74, 6) is 5.41. The fourth-order valence-corrected chi connectivity index (χ4v) is 25.4. The second-order valence-electron chi connectivity index (χ2n) is 34.0. The standard InChI is InChI=1S/C33H37O3S.C18H28O2.C14H21OS.C13H10F3S.3C6H10O5S/c1-22-14-30(37(28-10-6-4-7-11-28)29-12-8-5-9-13-29)15-23(2)32(22)35-21-31(34)36-33(3)26-17-24-16-25(19-26)20-27(33)18-24;1-5-17(4,20-16(19)12(2)3)18-9-13-6-14(10-18)8-15(7-13)11-18;1-11-9-13(10-12(2)14(11)15-3)16-7-5-4-6-8-16;14-13(15,16)17(11-7-3-1-4-8-11)12-9-5-2-6-10-12;3*1-5(2)6(7)11-3-4-12(8,9)10/h4-15,24-27H,16-21H2,1-3H3;13-15H,2,5-11H2,1,3-4H3;9-10H,4-8H2,1-3H3;1-10H;3*1,3-4H2,2H3,(H,8,9,10)/q+1;;2*+1;;;/p-3. The molecular formula is C96H123F3O21S6. The number of carbonyl (C=O) groups is 5. The van der Waals surface area contributed by atoms with E-state index in [1.54, 1.807) is 55.3 Å². The molecular weight excluding hydrogens is 1740 g/mol. The number of halogens is 3. The van der Waals surface area contributed by atoms with Gasteiger partial charge in [0.25, 0.3) is 0 Å². The minimum absolute atomic E-state index is 0.0357. The monoisotopic (exact) mass is 1860 g/mol. The van der Waals surface area contributed by atoms with E-state index in [9.17, 15) is 76.1 Å². The molecule has 9 aliphatic rings. The Morgan fingerprint density at radius 1 is 0.484 bits per heavy atom. The van der Waals surface area contributed by atoms with Gasteiger partial charge in [0.05, 0.1) is 65.6 Å². The van der Waals surface area contributed by atoms with Crippen LogP contribution in [0.25, 0.3) is 0 Å². The second-order valence-corrected chi connectivity index (χ2v) is 44.9. The quantitative estimate of drug-likeness (QED) is 0.0152. The molecule has 8 saturated carbocycles. The number of hydrogen-bond acceptors (Lipinski definition) is 21. The van der Waals surface area contributed by atoms with E-state index < -0.39 is 102 Å². The number of carbonyl (C=O) groups excluding carboxylic acids is 5. The Hall–Kier alpha value is -8.20. The highest BCUT2D eigenvalue weighted by Gasteiger charge is 2.61. The maximum absolute atomic E-state index is 13.1. The maximum atomic E-state index is 13.1. The lowest BCUT2D eigenvalue weighted by atomic mass is 9.45. The van der Waals surface area contributed by atoms with Gasteiger partial charge in [-0.2, -0.15) is 0 Å². The van der Waals surface area contributed by atoms with Gasteiger partial charge in [-0.15, -0.1) is 13.2 Å². The molecule has 0 aromatic heterocycles. The summed E-state index contributed by atoms with van der Waals surface area (Å²) >= 11 is 0. The van der Waals surface area contributed by atoms with Gasteiger partial charge < -0.3 is 46.8 Å². The van der Waals surface area contributed by atoms with Crippen LogP contribution in [0.5, 0.6) is 11.5 Å². The summed E-state index contributed by atoms with van der Waals surface area (Å²) in [5, 5.41) is 0. The van der Waals surface area contributed by atoms with Gasteiger partial charge in [-0.1, -0.05) is 106 Å². The molecule has 1 unspecified atom stereocenters. The Balaban J connectivity index is 0.000000213. The average Bonchev–Trinajstić information content (AvgIpc) is 0.719. The number of methoxy groups -OCH3 is 1. The first-order chi connectivity index (χ1) is 59.1. The molecule has 1 atom stereocenters. The van der Waals surface area contributed by atoms with Crippen LogP contribution in [-0.4, -0.2) is 148 Å². The van der Waals surface area contributed by atoms with E-state index in [0.29, 0.717) is 38.1 Å². The maximum Gasteiger partial charge on any atom is 0.586 e. The van der Waals surface area contributed by atoms with Crippen LogP contribution < -0.4 is 9.47 Å². The number of alkyl halides is 3. The lowest BCUT2D eigenvalue weighted by molar-refractivity contribution is -0.204.